The van der Waals surface area contributed by atoms with Gasteiger partial charge in [-0.25, -0.2) is 12.7 Å². The van der Waals surface area contributed by atoms with Crippen molar-refractivity contribution in [1.29, 1.82) is 0 Å². The summed E-state index contributed by atoms with van der Waals surface area (Å²) < 4.78 is 25.8. The van der Waals surface area contributed by atoms with Crippen LogP contribution in [0.5, 0.6) is 0 Å². The van der Waals surface area contributed by atoms with Crippen molar-refractivity contribution in [3.05, 3.63) is 29.8 Å². The lowest BCUT2D eigenvalue weighted by atomic mass is 9.70. The average Bonchev–Trinajstić information content (AvgIpc) is 2.71. The molecule has 6 nitrogen and oxygen atoms in total. The lowest BCUT2D eigenvalue weighted by molar-refractivity contribution is -0.122. The zero-order chi connectivity index (χ0) is 19.1. The number of carbonyl (C=O) groups is 2. The van der Waals surface area contributed by atoms with Crippen molar-refractivity contribution < 1.29 is 18.0 Å². The number of rotatable bonds is 4. The fraction of sp³-hybridized carbons (Fsp3) is 0.579. The second-order valence-corrected chi connectivity index (χ2v) is 10.1. The maximum Gasteiger partial charge on any atom is 0.269 e. The molecule has 3 rings (SSSR count). The molecule has 1 aromatic carbocycles. The van der Waals surface area contributed by atoms with E-state index in [0.717, 1.165) is 23.6 Å². The van der Waals surface area contributed by atoms with E-state index in [4.69, 9.17) is 0 Å². The molecule has 7 heteroatoms. The monoisotopic (exact) mass is 378 g/mol. The topological polar surface area (TPSA) is 83.6 Å². The van der Waals surface area contributed by atoms with Crippen LogP contribution in [0.2, 0.25) is 0 Å². The highest BCUT2D eigenvalue weighted by Crippen LogP contribution is 2.38. The van der Waals surface area contributed by atoms with Crippen molar-refractivity contribution in [3.8, 4) is 0 Å². The zero-order valence-electron chi connectivity index (χ0n) is 15.5. The summed E-state index contributed by atoms with van der Waals surface area (Å²) in [7, 11) is -3.85. The van der Waals surface area contributed by atoms with Crippen LogP contribution in [0, 0.1) is 11.3 Å². The van der Waals surface area contributed by atoms with Gasteiger partial charge in [-0.15, -0.1) is 0 Å². The maximum atomic E-state index is 12.5. The smallest absolute Gasteiger partial charge is 0.269 e. The Morgan fingerprint density at radius 2 is 1.96 bits per heavy atom. The van der Waals surface area contributed by atoms with Crippen LogP contribution >= 0.6 is 0 Å². The molecule has 1 N–H and O–H groups in total. The van der Waals surface area contributed by atoms with Gasteiger partial charge in [0.2, 0.25) is 5.91 Å². The molecule has 142 valence electrons. The average molecular weight is 378 g/mol. The van der Waals surface area contributed by atoms with Crippen LogP contribution in [-0.4, -0.2) is 37.1 Å². The minimum Gasteiger partial charge on any atom is -0.353 e. The van der Waals surface area contributed by atoms with E-state index in [2.05, 4.69) is 26.1 Å². The summed E-state index contributed by atoms with van der Waals surface area (Å²) in [6.45, 7) is 6.46. The molecular formula is C19H26N2O4S. The third kappa shape index (κ3) is 3.63. The zero-order valence-corrected chi connectivity index (χ0v) is 16.3. The lowest BCUT2D eigenvalue weighted by Crippen LogP contribution is -2.44. The molecular weight excluding hydrogens is 352 g/mol. The van der Waals surface area contributed by atoms with Crippen LogP contribution in [0.3, 0.4) is 0 Å². The molecule has 1 aliphatic heterocycles. The Hall–Kier alpha value is -1.89. The molecule has 1 fully saturated rings. The largest absolute Gasteiger partial charge is 0.353 e. The van der Waals surface area contributed by atoms with E-state index >= 15 is 0 Å². The number of hydrogen-bond donors (Lipinski definition) is 1. The number of hydrogen-bond acceptors (Lipinski definition) is 4. The summed E-state index contributed by atoms with van der Waals surface area (Å²) in [5.41, 5.74) is 0.363. The van der Waals surface area contributed by atoms with Crippen LogP contribution in [-0.2, 0) is 14.8 Å². The second-order valence-electron chi connectivity index (χ2n) is 8.31. The summed E-state index contributed by atoms with van der Waals surface area (Å²) in [4.78, 5) is 24.7. The van der Waals surface area contributed by atoms with Crippen molar-refractivity contribution in [2.45, 2.75) is 57.4 Å². The minimum atomic E-state index is -3.85. The quantitative estimate of drug-likeness (QED) is 0.873. The van der Waals surface area contributed by atoms with E-state index in [9.17, 15) is 18.0 Å². The summed E-state index contributed by atoms with van der Waals surface area (Å²) in [5.74, 6) is -0.223. The van der Waals surface area contributed by atoms with Gasteiger partial charge in [0.25, 0.3) is 15.9 Å². The molecule has 1 aliphatic carbocycles. The fourth-order valence-corrected chi connectivity index (χ4v) is 5.98. The number of nitrogens with one attached hydrogen (secondary N) is 1. The van der Waals surface area contributed by atoms with Gasteiger partial charge in [0.15, 0.2) is 0 Å². The summed E-state index contributed by atoms with van der Waals surface area (Å²) in [5, 5.41) is 3.02. The van der Waals surface area contributed by atoms with E-state index in [1.807, 2.05) is 0 Å². The van der Waals surface area contributed by atoms with E-state index in [-0.39, 0.29) is 40.8 Å². The second kappa shape index (κ2) is 6.68. The Kier molecular flexibility index (Phi) is 4.86. The highest BCUT2D eigenvalue weighted by Gasteiger charge is 2.41. The van der Waals surface area contributed by atoms with E-state index in [0.29, 0.717) is 5.92 Å². The third-order valence-electron chi connectivity index (χ3n) is 5.21. The third-order valence-corrected chi connectivity index (χ3v) is 7.05. The van der Waals surface area contributed by atoms with Crippen LogP contribution in [0.1, 0.15) is 56.8 Å². The van der Waals surface area contributed by atoms with Gasteiger partial charge in [-0.3, -0.25) is 9.59 Å². The van der Waals surface area contributed by atoms with Gasteiger partial charge in [-0.05, 0) is 42.7 Å². The fourth-order valence-electron chi connectivity index (χ4n) is 4.41. The van der Waals surface area contributed by atoms with Crippen molar-refractivity contribution in [3.63, 3.8) is 0 Å². The molecule has 0 aromatic heterocycles. The Bertz CT molecular complexity index is 832. The molecule has 1 saturated carbocycles. The molecule has 1 aromatic rings. The van der Waals surface area contributed by atoms with Gasteiger partial charge in [0.1, 0.15) is 4.90 Å². The SMILES string of the molecule is C[C@@H]1C[C@@H](NC(=O)CCN2C(=O)c3ccccc3S2(=O)=O)CC(C)(C)C1. The standard InChI is InChI=1S/C19H26N2O4S/c1-13-10-14(12-19(2,3)11-13)20-17(22)8-9-21-18(23)15-6-4-5-7-16(15)26(21,24)25/h4-7,13-14H,8-12H2,1-3H3,(H,20,22)/t13-,14-/m1/s1. The van der Waals surface area contributed by atoms with Gasteiger partial charge in [-0.1, -0.05) is 32.9 Å². The molecule has 0 radical (unpaired) electrons. The predicted octanol–water partition coefficient (Wildman–Crippen LogP) is 2.55. The van der Waals surface area contributed by atoms with Crippen molar-refractivity contribution >= 4 is 21.8 Å². The van der Waals surface area contributed by atoms with Crippen molar-refractivity contribution in [1.82, 2.24) is 9.62 Å². The number of sulfonamides is 1. The van der Waals surface area contributed by atoms with E-state index in [1.165, 1.54) is 12.1 Å². The molecule has 1 heterocycles. The van der Waals surface area contributed by atoms with E-state index < -0.39 is 15.9 Å². The first-order valence-electron chi connectivity index (χ1n) is 9.06. The molecule has 2 atom stereocenters. The molecule has 0 saturated heterocycles. The molecule has 26 heavy (non-hydrogen) atoms. The normalized spacial score (nSPS) is 26.4. The summed E-state index contributed by atoms with van der Waals surface area (Å²) in [6, 6.07) is 6.25. The molecule has 2 aliphatic rings. The Morgan fingerprint density at radius 1 is 1.27 bits per heavy atom. The molecule has 0 spiro atoms. The van der Waals surface area contributed by atoms with Gasteiger partial charge in [0, 0.05) is 19.0 Å². The number of nitrogens with zero attached hydrogens (tertiary/aromatic N) is 1. The highest BCUT2D eigenvalue weighted by molar-refractivity contribution is 7.90. The van der Waals surface area contributed by atoms with Gasteiger partial charge < -0.3 is 5.32 Å². The van der Waals surface area contributed by atoms with Crippen LogP contribution in [0.4, 0.5) is 0 Å². The van der Waals surface area contributed by atoms with Gasteiger partial charge in [-0.2, -0.15) is 0 Å². The van der Waals surface area contributed by atoms with E-state index in [1.54, 1.807) is 12.1 Å². The Balaban J connectivity index is 1.61. The lowest BCUT2D eigenvalue weighted by Gasteiger charge is -2.39. The first kappa shape index (κ1) is 18.9. The highest BCUT2D eigenvalue weighted by atomic mass is 32.2. The minimum absolute atomic E-state index is 0.0215. The Morgan fingerprint density at radius 3 is 2.62 bits per heavy atom. The molecule has 2 amide bonds. The van der Waals surface area contributed by atoms with Gasteiger partial charge >= 0.3 is 0 Å². The van der Waals surface area contributed by atoms with Crippen LogP contribution < -0.4 is 5.32 Å². The molecule has 0 unspecified atom stereocenters. The van der Waals surface area contributed by atoms with Crippen molar-refractivity contribution in [2.75, 3.05) is 6.54 Å². The summed E-state index contributed by atoms with van der Waals surface area (Å²) in [6.07, 6.45) is 2.96. The summed E-state index contributed by atoms with van der Waals surface area (Å²) >= 11 is 0. The van der Waals surface area contributed by atoms with Crippen LogP contribution in [0.25, 0.3) is 0 Å². The van der Waals surface area contributed by atoms with Crippen LogP contribution in [0.15, 0.2) is 29.2 Å². The number of amides is 2. The predicted molar refractivity (Wildman–Crippen MR) is 98.0 cm³/mol. The number of carbonyl (C=O) groups excluding carboxylic acids is 2. The van der Waals surface area contributed by atoms with Gasteiger partial charge in [0.05, 0.1) is 5.56 Å². The first-order valence-corrected chi connectivity index (χ1v) is 10.5. The van der Waals surface area contributed by atoms with Crippen molar-refractivity contribution in [2.24, 2.45) is 11.3 Å². The number of fused-ring (bicyclic) bond motifs is 1. The Labute approximate surface area is 155 Å². The molecule has 0 bridgehead atoms. The number of benzene rings is 1. The first-order chi connectivity index (χ1) is 12.1. The maximum absolute atomic E-state index is 12.5.